The molecule has 7 heteroatoms. The minimum absolute atomic E-state index is 0.00986. The van der Waals surface area contributed by atoms with Crippen molar-refractivity contribution in [1.29, 1.82) is 0 Å². The molecule has 100 valence electrons. The molecule has 1 aliphatic rings. The van der Waals surface area contributed by atoms with E-state index in [2.05, 4.69) is 29.4 Å². The van der Waals surface area contributed by atoms with Crippen LogP contribution in [-0.2, 0) is 0 Å². The van der Waals surface area contributed by atoms with Gasteiger partial charge in [-0.2, -0.15) is 11.8 Å². The fourth-order valence-electron chi connectivity index (χ4n) is 2.01. The number of hydrogen-bond donors (Lipinski definition) is 1. The topological polar surface area (TPSA) is 58.1 Å². The van der Waals surface area contributed by atoms with Crippen molar-refractivity contribution in [2.45, 2.75) is 31.3 Å². The Hall–Kier alpha value is -0.820. The van der Waals surface area contributed by atoms with Crippen LogP contribution in [0, 0.1) is 0 Å². The first kappa shape index (κ1) is 13.6. The van der Waals surface area contributed by atoms with E-state index in [0.29, 0.717) is 20.6 Å². The van der Waals surface area contributed by atoms with Crippen molar-refractivity contribution in [2.24, 2.45) is 0 Å². The van der Waals surface area contributed by atoms with Crippen molar-refractivity contribution < 1.29 is 4.79 Å². The van der Waals surface area contributed by atoms with Crippen LogP contribution in [0.3, 0.4) is 0 Å². The van der Waals surface area contributed by atoms with Crippen molar-refractivity contribution in [3.63, 3.8) is 0 Å². The van der Waals surface area contributed by atoms with Crippen molar-refractivity contribution in [3.05, 3.63) is 5.01 Å². The zero-order valence-corrected chi connectivity index (χ0v) is 12.5. The van der Waals surface area contributed by atoms with Gasteiger partial charge in [-0.15, -0.1) is 10.2 Å². The molecule has 0 bridgehead atoms. The summed E-state index contributed by atoms with van der Waals surface area (Å²) < 4.78 is 0. The number of aromatic nitrogens is 2. The lowest BCUT2D eigenvalue weighted by molar-refractivity contribution is 0.0752. The molecule has 2 rings (SSSR count). The second-order valence-corrected chi connectivity index (χ2v) is 7.27. The summed E-state index contributed by atoms with van der Waals surface area (Å²) in [4.78, 5) is 14.2. The molecule has 1 fully saturated rings. The molecule has 2 heterocycles. The molecule has 0 saturated carbocycles. The van der Waals surface area contributed by atoms with Crippen LogP contribution in [0.5, 0.6) is 0 Å². The molecule has 0 radical (unpaired) electrons. The molecule has 1 aliphatic heterocycles. The van der Waals surface area contributed by atoms with E-state index in [4.69, 9.17) is 0 Å². The van der Waals surface area contributed by atoms with E-state index in [9.17, 15) is 4.79 Å². The van der Waals surface area contributed by atoms with Gasteiger partial charge in [-0.05, 0) is 6.92 Å². The van der Waals surface area contributed by atoms with Gasteiger partial charge in [0.2, 0.25) is 10.1 Å². The number of nitrogens with one attached hydrogen (secondary N) is 1. The van der Waals surface area contributed by atoms with Gasteiger partial charge in [0.15, 0.2) is 0 Å². The van der Waals surface area contributed by atoms with Crippen molar-refractivity contribution in [2.75, 3.05) is 25.0 Å². The summed E-state index contributed by atoms with van der Waals surface area (Å²) in [5, 5.41) is 13.2. The molecule has 2 atom stereocenters. The number of hydrogen-bond acceptors (Lipinski definition) is 6. The Balaban J connectivity index is 2.05. The van der Waals surface area contributed by atoms with E-state index in [1.807, 2.05) is 23.6 Å². The molecule has 2 unspecified atom stereocenters. The number of amides is 1. The Morgan fingerprint density at radius 3 is 2.67 bits per heavy atom. The average Bonchev–Trinajstić information content (AvgIpc) is 2.76. The Morgan fingerprint density at radius 2 is 2.06 bits per heavy atom. The summed E-state index contributed by atoms with van der Waals surface area (Å²) in [5.74, 6) is 0.00986. The van der Waals surface area contributed by atoms with Crippen molar-refractivity contribution in [1.82, 2.24) is 15.1 Å². The van der Waals surface area contributed by atoms with Gasteiger partial charge in [-0.3, -0.25) is 4.79 Å². The molecule has 1 aromatic rings. The predicted octanol–water partition coefficient (Wildman–Crippen LogP) is 1.94. The molecular weight excluding hydrogens is 268 g/mol. The van der Waals surface area contributed by atoms with Crippen molar-refractivity contribution >= 4 is 34.1 Å². The summed E-state index contributed by atoms with van der Waals surface area (Å²) in [6.07, 6.45) is 0. The van der Waals surface area contributed by atoms with Crippen LogP contribution < -0.4 is 5.32 Å². The fourth-order valence-corrected chi connectivity index (χ4v) is 4.12. The molecule has 0 aromatic carbocycles. The maximum atomic E-state index is 12.3. The SMILES string of the molecule is CCNc1nnc(C(=O)N2CC(C)SC(C)C2)s1. The smallest absolute Gasteiger partial charge is 0.284 e. The van der Waals surface area contributed by atoms with Gasteiger partial charge in [0.05, 0.1) is 0 Å². The van der Waals surface area contributed by atoms with Crippen LogP contribution in [0.2, 0.25) is 0 Å². The number of carbonyl (C=O) groups is 1. The number of nitrogens with zero attached hydrogens (tertiary/aromatic N) is 3. The van der Waals surface area contributed by atoms with Gasteiger partial charge in [0.1, 0.15) is 0 Å². The van der Waals surface area contributed by atoms with E-state index in [0.717, 1.165) is 19.6 Å². The largest absolute Gasteiger partial charge is 0.360 e. The first-order valence-electron chi connectivity index (χ1n) is 6.12. The minimum atomic E-state index is 0.00986. The molecule has 1 N–H and O–H groups in total. The Morgan fingerprint density at radius 1 is 1.39 bits per heavy atom. The molecule has 0 spiro atoms. The minimum Gasteiger partial charge on any atom is -0.360 e. The molecule has 1 amide bonds. The Kier molecular flexibility index (Phi) is 4.45. The Bertz CT molecular complexity index is 413. The zero-order valence-electron chi connectivity index (χ0n) is 10.8. The van der Waals surface area contributed by atoms with Crippen LogP contribution in [0.15, 0.2) is 0 Å². The standard InChI is InChI=1S/C11H18N4OS2/c1-4-12-11-14-13-9(18-11)10(16)15-5-7(2)17-8(3)6-15/h7-8H,4-6H2,1-3H3,(H,12,14). The second-order valence-electron chi connectivity index (χ2n) is 4.41. The predicted molar refractivity (Wildman–Crippen MR) is 76.5 cm³/mol. The lowest BCUT2D eigenvalue weighted by Crippen LogP contribution is -2.44. The van der Waals surface area contributed by atoms with Gasteiger partial charge in [0.25, 0.3) is 5.91 Å². The Labute approximate surface area is 115 Å². The summed E-state index contributed by atoms with van der Waals surface area (Å²) >= 11 is 3.26. The third kappa shape index (κ3) is 3.14. The number of anilines is 1. The lowest BCUT2D eigenvalue weighted by atomic mass is 10.3. The van der Waals surface area contributed by atoms with Crippen LogP contribution in [0.1, 0.15) is 30.6 Å². The normalized spacial score (nSPS) is 24.1. The maximum absolute atomic E-state index is 12.3. The summed E-state index contributed by atoms with van der Waals surface area (Å²) in [6.45, 7) is 8.69. The highest BCUT2D eigenvalue weighted by atomic mass is 32.2. The van der Waals surface area contributed by atoms with Gasteiger partial charge < -0.3 is 10.2 Å². The highest BCUT2D eigenvalue weighted by Gasteiger charge is 2.28. The summed E-state index contributed by atoms with van der Waals surface area (Å²) in [6, 6.07) is 0. The summed E-state index contributed by atoms with van der Waals surface area (Å²) in [5.41, 5.74) is 0. The van der Waals surface area contributed by atoms with Gasteiger partial charge >= 0.3 is 0 Å². The monoisotopic (exact) mass is 286 g/mol. The molecular formula is C11H18N4OS2. The van der Waals surface area contributed by atoms with Gasteiger partial charge in [-0.1, -0.05) is 25.2 Å². The van der Waals surface area contributed by atoms with E-state index < -0.39 is 0 Å². The first-order chi connectivity index (χ1) is 8.60. The zero-order chi connectivity index (χ0) is 13.1. The van der Waals surface area contributed by atoms with Gasteiger partial charge in [-0.25, -0.2) is 0 Å². The first-order valence-corrected chi connectivity index (χ1v) is 7.88. The molecule has 1 saturated heterocycles. The number of carbonyl (C=O) groups excluding carboxylic acids is 1. The molecule has 1 aromatic heterocycles. The molecule has 5 nitrogen and oxygen atoms in total. The van der Waals surface area contributed by atoms with E-state index >= 15 is 0 Å². The van der Waals surface area contributed by atoms with E-state index in [1.165, 1.54) is 11.3 Å². The number of rotatable bonds is 3. The fraction of sp³-hybridized carbons (Fsp3) is 0.727. The molecule has 0 aliphatic carbocycles. The third-order valence-corrected chi connectivity index (χ3v) is 4.74. The van der Waals surface area contributed by atoms with Gasteiger partial charge in [0, 0.05) is 30.1 Å². The highest BCUT2D eigenvalue weighted by molar-refractivity contribution is 8.00. The molecule has 18 heavy (non-hydrogen) atoms. The van der Waals surface area contributed by atoms with Crippen LogP contribution in [0.4, 0.5) is 5.13 Å². The van der Waals surface area contributed by atoms with E-state index in [-0.39, 0.29) is 5.91 Å². The van der Waals surface area contributed by atoms with Crippen LogP contribution >= 0.6 is 23.1 Å². The highest BCUT2D eigenvalue weighted by Crippen LogP contribution is 2.26. The average molecular weight is 286 g/mol. The van der Waals surface area contributed by atoms with Crippen LogP contribution in [-0.4, -0.2) is 51.1 Å². The van der Waals surface area contributed by atoms with Crippen LogP contribution in [0.25, 0.3) is 0 Å². The number of thioether (sulfide) groups is 1. The quantitative estimate of drug-likeness (QED) is 0.920. The lowest BCUT2D eigenvalue weighted by Gasteiger charge is -2.33. The van der Waals surface area contributed by atoms with E-state index in [1.54, 1.807) is 0 Å². The second kappa shape index (κ2) is 5.88. The maximum Gasteiger partial charge on any atom is 0.284 e. The summed E-state index contributed by atoms with van der Waals surface area (Å²) in [7, 11) is 0. The van der Waals surface area contributed by atoms with Crippen molar-refractivity contribution in [3.8, 4) is 0 Å². The third-order valence-electron chi connectivity index (χ3n) is 2.64.